The van der Waals surface area contributed by atoms with E-state index in [9.17, 15) is 8.78 Å². The molecule has 0 aliphatic carbocycles. The minimum atomic E-state index is -0.815. The zero-order chi connectivity index (χ0) is 21.4. The third kappa shape index (κ3) is 3.84. The van der Waals surface area contributed by atoms with E-state index in [2.05, 4.69) is 15.0 Å². The number of ether oxygens (including phenoxy) is 1. The fourth-order valence-corrected chi connectivity index (χ4v) is 3.18. The summed E-state index contributed by atoms with van der Waals surface area (Å²) >= 11 is 0. The van der Waals surface area contributed by atoms with Crippen molar-refractivity contribution in [2.75, 3.05) is 11.5 Å². The number of aryl methyl sites for hydroxylation is 1. The normalized spacial score (nSPS) is 12.3. The summed E-state index contributed by atoms with van der Waals surface area (Å²) in [7, 11) is 0. The first kappa shape index (κ1) is 19.5. The highest BCUT2D eigenvalue weighted by atomic mass is 19.1. The van der Waals surface area contributed by atoms with Gasteiger partial charge in [0.25, 0.3) is 5.88 Å². The van der Waals surface area contributed by atoms with Crippen LogP contribution >= 0.6 is 0 Å². The first-order valence-electron chi connectivity index (χ1n) is 9.16. The fourth-order valence-electron chi connectivity index (χ4n) is 3.18. The number of pyridine rings is 3. The summed E-state index contributed by atoms with van der Waals surface area (Å²) in [4.78, 5) is 16.6. The van der Waals surface area contributed by atoms with E-state index in [1.807, 2.05) is 23.6 Å². The number of hydrogen-bond acceptors (Lipinski definition) is 7. The molecule has 0 aliphatic rings. The highest BCUT2D eigenvalue weighted by Crippen LogP contribution is 2.25. The van der Waals surface area contributed by atoms with Gasteiger partial charge in [0.05, 0.1) is 12.2 Å². The molecular formula is C20H19F2N7O. The van der Waals surface area contributed by atoms with Crippen LogP contribution in [0.3, 0.4) is 0 Å². The van der Waals surface area contributed by atoms with Gasteiger partial charge in [-0.2, -0.15) is 9.37 Å². The average molecular weight is 411 g/mol. The zero-order valence-corrected chi connectivity index (χ0v) is 16.3. The van der Waals surface area contributed by atoms with Crippen molar-refractivity contribution in [2.45, 2.75) is 26.5 Å². The number of nitrogens with two attached hydrogens (primary N) is 2. The first-order chi connectivity index (χ1) is 14.3. The zero-order valence-electron chi connectivity index (χ0n) is 16.3. The quantitative estimate of drug-likeness (QED) is 0.485. The van der Waals surface area contributed by atoms with Crippen molar-refractivity contribution in [1.82, 2.24) is 24.5 Å². The second-order valence-electron chi connectivity index (χ2n) is 6.86. The molecule has 0 radical (unpaired) electrons. The van der Waals surface area contributed by atoms with E-state index < -0.39 is 17.9 Å². The second-order valence-corrected chi connectivity index (χ2v) is 6.86. The summed E-state index contributed by atoms with van der Waals surface area (Å²) in [6.45, 7) is 3.86. The summed E-state index contributed by atoms with van der Waals surface area (Å²) in [6.07, 6.45) is -0.525. The van der Waals surface area contributed by atoms with E-state index in [1.54, 1.807) is 19.1 Å². The monoisotopic (exact) mass is 411 g/mol. The van der Waals surface area contributed by atoms with Gasteiger partial charge in [0, 0.05) is 5.56 Å². The van der Waals surface area contributed by atoms with Crippen molar-refractivity contribution >= 4 is 22.8 Å². The van der Waals surface area contributed by atoms with E-state index in [0.717, 1.165) is 17.7 Å². The predicted molar refractivity (Wildman–Crippen MR) is 109 cm³/mol. The Morgan fingerprint density at radius 3 is 2.47 bits per heavy atom. The molecule has 4 N–H and O–H groups in total. The molecule has 30 heavy (non-hydrogen) atoms. The van der Waals surface area contributed by atoms with Gasteiger partial charge in [0.15, 0.2) is 11.5 Å². The Morgan fingerprint density at radius 2 is 1.73 bits per heavy atom. The number of aromatic nitrogens is 5. The Kier molecular flexibility index (Phi) is 4.90. The first-order valence-corrected chi connectivity index (χ1v) is 9.16. The molecule has 4 rings (SSSR count). The van der Waals surface area contributed by atoms with E-state index in [1.165, 1.54) is 0 Å². The van der Waals surface area contributed by atoms with Gasteiger partial charge in [-0.05, 0) is 50.2 Å². The summed E-state index contributed by atoms with van der Waals surface area (Å²) in [5.41, 5.74) is 14.3. The number of fused-ring (bicyclic) bond motifs is 1. The standard InChI is InChI=1S/C20H19F2N7O/c1-10(30-20-13(21)3-6-16(22)27-20)9-29-11(2)25-15-5-4-14(26-19(15)29)12-7-17(23)28-18(24)8-12/h3-8,10H,9H2,1-2H3,(H4,23,24,28)/t10-/m0/s1. The number of hydrogen-bond donors (Lipinski definition) is 2. The molecule has 8 nitrogen and oxygen atoms in total. The number of halogens is 2. The summed E-state index contributed by atoms with van der Waals surface area (Å²) in [5.74, 6) is -0.646. The van der Waals surface area contributed by atoms with Crippen molar-refractivity contribution in [1.29, 1.82) is 0 Å². The number of imidazole rings is 1. The van der Waals surface area contributed by atoms with E-state index >= 15 is 0 Å². The molecule has 0 saturated carbocycles. The molecule has 10 heteroatoms. The predicted octanol–water partition coefficient (Wildman–Crippen LogP) is 3.11. The smallest absolute Gasteiger partial charge is 0.253 e. The largest absolute Gasteiger partial charge is 0.471 e. The van der Waals surface area contributed by atoms with Crippen molar-refractivity contribution in [3.63, 3.8) is 0 Å². The van der Waals surface area contributed by atoms with Crippen LogP contribution in [-0.4, -0.2) is 30.6 Å². The number of anilines is 2. The van der Waals surface area contributed by atoms with Gasteiger partial charge in [-0.15, -0.1) is 0 Å². The second kappa shape index (κ2) is 7.54. The van der Waals surface area contributed by atoms with Crippen molar-refractivity contribution < 1.29 is 13.5 Å². The Hall–Kier alpha value is -3.82. The van der Waals surface area contributed by atoms with Gasteiger partial charge < -0.3 is 20.8 Å². The van der Waals surface area contributed by atoms with Crippen LogP contribution in [0.5, 0.6) is 5.88 Å². The van der Waals surface area contributed by atoms with Crippen molar-refractivity contribution in [3.05, 3.63) is 54.0 Å². The van der Waals surface area contributed by atoms with Crippen LogP contribution in [0.1, 0.15) is 12.7 Å². The lowest BCUT2D eigenvalue weighted by Crippen LogP contribution is -2.21. The maximum absolute atomic E-state index is 13.8. The number of nitrogens with zero attached hydrogens (tertiary/aromatic N) is 5. The number of nitrogen functional groups attached to an aromatic ring is 2. The molecule has 4 aromatic heterocycles. The van der Waals surface area contributed by atoms with Gasteiger partial charge in [0.1, 0.15) is 29.1 Å². The minimum absolute atomic E-state index is 0.295. The van der Waals surface area contributed by atoms with Gasteiger partial charge in [-0.1, -0.05) is 0 Å². The molecule has 0 amide bonds. The van der Waals surface area contributed by atoms with Gasteiger partial charge in [-0.3, -0.25) is 0 Å². The molecular weight excluding hydrogens is 392 g/mol. The topological polar surface area (TPSA) is 118 Å². The summed E-state index contributed by atoms with van der Waals surface area (Å²) < 4.78 is 34.5. The molecule has 0 aliphatic heterocycles. The molecule has 0 aromatic carbocycles. The molecule has 0 saturated heterocycles. The Morgan fingerprint density at radius 1 is 1.00 bits per heavy atom. The van der Waals surface area contributed by atoms with Gasteiger partial charge in [0.2, 0.25) is 5.95 Å². The maximum atomic E-state index is 13.8. The Labute approximate surface area is 170 Å². The van der Waals surface area contributed by atoms with Crippen molar-refractivity contribution in [2.24, 2.45) is 0 Å². The van der Waals surface area contributed by atoms with E-state index in [4.69, 9.17) is 21.2 Å². The Balaban J connectivity index is 1.66. The number of rotatable bonds is 5. The molecule has 154 valence electrons. The highest BCUT2D eigenvalue weighted by molar-refractivity contribution is 5.77. The fraction of sp³-hybridized carbons (Fsp3) is 0.200. The third-order valence-corrected chi connectivity index (χ3v) is 4.48. The Bertz CT molecular complexity index is 1220. The summed E-state index contributed by atoms with van der Waals surface area (Å²) in [5, 5.41) is 0. The van der Waals surface area contributed by atoms with Crippen LogP contribution < -0.4 is 16.2 Å². The molecule has 0 spiro atoms. The van der Waals surface area contributed by atoms with E-state index in [0.29, 0.717) is 40.9 Å². The molecule has 0 fully saturated rings. The van der Waals surface area contributed by atoms with Crippen LogP contribution in [0.15, 0.2) is 36.4 Å². The molecule has 4 heterocycles. The van der Waals surface area contributed by atoms with Gasteiger partial charge >= 0.3 is 0 Å². The molecule has 0 unspecified atom stereocenters. The van der Waals surface area contributed by atoms with Crippen LogP contribution in [-0.2, 0) is 6.54 Å². The van der Waals surface area contributed by atoms with Crippen molar-refractivity contribution in [3.8, 4) is 17.1 Å². The van der Waals surface area contributed by atoms with E-state index in [-0.39, 0.29) is 5.88 Å². The molecule has 1 atom stereocenters. The lowest BCUT2D eigenvalue weighted by molar-refractivity contribution is 0.180. The summed E-state index contributed by atoms with van der Waals surface area (Å²) in [6, 6.07) is 8.93. The average Bonchev–Trinajstić information content (AvgIpc) is 2.98. The third-order valence-electron chi connectivity index (χ3n) is 4.48. The van der Waals surface area contributed by atoms with Crippen LogP contribution in [0.2, 0.25) is 0 Å². The maximum Gasteiger partial charge on any atom is 0.253 e. The van der Waals surface area contributed by atoms with Crippen LogP contribution in [0.4, 0.5) is 20.4 Å². The minimum Gasteiger partial charge on any atom is -0.471 e. The van der Waals surface area contributed by atoms with Gasteiger partial charge in [-0.25, -0.2) is 19.3 Å². The van der Waals surface area contributed by atoms with Crippen LogP contribution in [0.25, 0.3) is 22.4 Å². The van der Waals surface area contributed by atoms with Crippen LogP contribution in [0, 0.1) is 18.7 Å². The molecule has 4 aromatic rings. The highest BCUT2D eigenvalue weighted by Gasteiger charge is 2.17. The SMILES string of the molecule is Cc1nc2ccc(-c3cc(N)nc(N)c3)nc2n1C[C@H](C)Oc1nc(F)ccc1F. The lowest BCUT2D eigenvalue weighted by Gasteiger charge is -2.16. The molecule has 0 bridgehead atoms. The lowest BCUT2D eigenvalue weighted by atomic mass is 10.1.